The highest BCUT2D eigenvalue weighted by Crippen LogP contribution is 2.24. The van der Waals surface area contributed by atoms with E-state index in [9.17, 15) is 9.59 Å². The lowest BCUT2D eigenvalue weighted by molar-refractivity contribution is -0.128. The van der Waals surface area contributed by atoms with Gasteiger partial charge in [0.1, 0.15) is 0 Å². The Labute approximate surface area is 117 Å². The summed E-state index contributed by atoms with van der Waals surface area (Å²) in [5, 5.41) is 5.42. The first-order valence-electron chi connectivity index (χ1n) is 6.73. The highest BCUT2D eigenvalue weighted by Gasteiger charge is 2.29. The third-order valence-corrected chi connectivity index (χ3v) is 3.30. The van der Waals surface area contributed by atoms with Gasteiger partial charge >= 0.3 is 0 Å². The summed E-state index contributed by atoms with van der Waals surface area (Å²) in [4.78, 5) is 27.5. The number of hydrogen-bond acceptors (Lipinski definition) is 4. The topological polar surface area (TPSA) is 80.3 Å². The van der Waals surface area contributed by atoms with Crippen molar-refractivity contribution in [2.45, 2.75) is 32.8 Å². The van der Waals surface area contributed by atoms with Crippen molar-refractivity contribution >= 4 is 23.3 Å². The molecule has 20 heavy (non-hydrogen) atoms. The minimum absolute atomic E-state index is 0.100. The van der Waals surface area contributed by atoms with E-state index in [1.165, 1.54) is 6.92 Å². The second-order valence-electron chi connectivity index (χ2n) is 4.89. The summed E-state index contributed by atoms with van der Waals surface area (Å²) >= 11 is 0. The van der Waals surface area contributed by atoms with E-state index in [4.69, 9.17) is 4.74 Å². The van der Waals surface area contributed by atoms with Crippen LogP contribution in [-0.2, 0) is 14.3 Å². The average molecular weight is 277 g/mol. The Morgan fingerprint density at radius 2 is 2.20 bits per heavy atom. The van der Waals surface area contributed by atoms with Gasteiger partial charge in [-0.2, -0.15) is 0 Å². The monoisotopic (exact) mass is 277 g/mol. The first-order chi connectivity index (χ1) is 9.58. The molecule has 0 saturated carbocycles. The molecule has 2 heterocycles. The molecule has 2 amide bonds. The largest absolute Gasteiger partial charge is 0.378 e. The lowest BCUT2D eigenvalue weighted by atomic mass is 9.94. The molecule has 1 aliphatic heterocycles. The molecule has 1 aliphatic rings. The highest BCUT2D eigenvalue weighted by molar-refractivity contribution is 5.98. The van der Waals surface area contributed by atoms with Crippen molar-refractivity contribution in [3.8, 4) is 0 Å². The van der Waals surface area contributed by atoms with Gasteiger partial charge in [-0.05, 0) is 31.9 Å². The van der Waals surface area contributed by atoms with E-state index >= 15 is 0 Å². The predicted molar refractivity (Wildman–Crippen MR) is 75.3 cm³/mol. The number of aromatic nitrogens is 1. The van der Waals surface area contributed by atoms with Crippen molar-refractivity contribution in [2.24, 2.45) is 5.92 Å². The molecule has 108 valence electrons. The van der Waals surface area contributed by atoms with Crippen LogP contribution in [0.25, 0.3) is 0 Å². The third kappa shape index (κ3) is 3.54. The van der Waals surface area contributed by atoms with Crippen LogP contribution in [0.4, 0.5) is 11.5 Å². The molecule has 0 spiro atoms. The van der Waals surface area contributed by atoms with Crippen molar-refractivity contribution in [3.63, 3.8) is 0 Å². The second-order valence-corrected chi connectivity index (χ2v) is 4.89. The Kier molecular flexibility index (Phi) is 4.68. The van der Waals surface area contributed by atoms with Crippen LogP contribution in [0, 0.1) is 5.92 Å². The van der Waals surface area contributed by atoms with Gasteiger partial charge in [0.05, 0.1) is 17.7 Å². The number of nitrogens with one attached hydrogen (secondary N) is 2. The van der Waals surface area contributed by atoms with Gasteiger partial charge in [0.15, 0.2) is 5.82 Å². The number of amides is 2. The molecule has 0 unspecified atom stereocenters. The standard InChI is InChI=1S/C14H19N3O3/c1-9-11(5-4-8-20-9)14(19)17-13-12(16-10(2)18)6-3-7-15-13/h3,6-7,9,11H,4-5,8H2,1-2H3,(H,16,18)(H,15,17,19)/t9-,11-/m1/s1. The molecule has 2 N–H and O–H groups in total. The SMILES string of the molecule is CC(=O)Nc1cccnc1NC(=O)[C@@H]1CCCO[C@@H]1C. The van der Waals surface area contributed by atoms with Crippen LogP contribution in [0.2, 0.25) is 0 Å². The molecule has 2 rings (SSSR count). The number of hydrogen-bond donors (Lipinski definition) is 2. The molecular formula is C14H19N3O3. The predicted octanol–water partition coefficient (Wildman–Crippen LogP) is 1.79. The maximum atomic E-state index is 12.3. The number of pyridine rings is 1. The van der Waals surface area contributed by atoms with Crippen molar-refractivity contribution in [2.75, 3.05) is 17.2 Å². The lowest BCUT2D eigenvalue weighted by Crippen LogP contribution is -2.36. The zero-order chi connectivity index (χ0) is 14.5. The molecule has 1 aromatic rings. The minimum atomic E-state index is -0.206. The van der Waals surface area contributed by atoms with Gasteiger partial charge in [-0.25, -0.2) is 4.98 Å². The Morgan fingerprint density at radius 1 is 1.40 bits per heavy atom. The first kappa shape index (κ1) is 14.5. The van der Waals surface area contributed by atoms with Gasteiger partial charge in [0.2, 0.25) is 11.8 Å². The number of carbonyl (C=O) groups excluding carboxylic acids is 2. The van der Waals surface area contributed by atoms with Crippen molar-refractivity contribution in [3.05, 3.63) is 18.3 Å². The molecule has 0 radical (unpaired) electrons. The minimum Gasteiger partial charge on any atom is -0.378 e. The zero-order valence-corrected chi connectivity index (χ0v) is 11.7. The van der Waals surface area contributed by atoms with Crippen LogP contribution in [0.1, 0.15) is 26.7 Å². The molecular weight excluding hydrogens is 258 g/mol. The van der Waals surface area contributed by atoms with E-state index in [2.05, 4.69) is 15.6 Å². The number of rotatable bonds is 3. The third-order valence-electron chi connectivity index (χ3n) is 3.30. The van der Waals surface area contributed by atoms with Crippen molar-refractivity contribution in [1.29, 1.82) is 0 Å². The Morgan fingerprint density at radius 3 is 2.90 bits per heavy atom. The molecule has 1 aromatic heterocycles. The Hall–Kier alpha value is -1.95. The van der Waals surface area contributed by atoms with Crippen LogP contribution in [0.15, 0.2) is 18.3 Å². The van der Waals surface area contributed by atoms with Crippen LogP contribution >= 0.6 is 0 Å². The summed E-state index contributed by atoms with van der Waals surface area (Å²) in [6.07, 6.45) is 3.15. The fourth-order valence-corrected chi connectivity index (χ4v) is 2.27. The summed E-state index contributed by atoms with van der Waals surface area (Å²) in [7, 11) is 0. The van der Waals surface area contributed by atoms with Crippen molar-refractivity contribution < 1.29 is 14.3 Å². The smallest absolute Gasteiger partial charge is 0.231 e. The number of carbonyl (C=O) groups is 2. The fraction of sp³-hybridized carbons (Fsp3) is 0.500. The molecule has 2 atom stereocenters. The van der Waals surface area contributed by atoms with Gasteiger partial charge in [0, 0.05) is 19.7 Å². The van der Waals surface area contributed by atoms with Crippen molar-refractivity contribution in [1.82, 2.24) is 4.98 Å². The van der Waals surface area contributed by atoms with E-state index in [1.807, 2.05) is 6.92 Å². The number of ether oxygens (including phenoxy) is 1. The Bertz CT molecular complexity index is 504. The van der Waals surface area contributed by atoms with E-state index in [1.54, 1.807) is 18.3 Å². The summed E-state index contributed by atoms with van der Waals surface area (Å²) in [6, 6.07) is 3.40. The molecule has 6 nitrogen and oxygen atoms in total. The van der Waals surface area contributed by atoms with Gasteiger partial charge in [0.25, 0.3) is 0 Å². The summed E-state index contributed by atoms with van der Waals surface area (Å²) in [6.45, 7) is 4.01. The highest BCUT2D eigenvalue weighted by atomic mass is 16.5. The van der Waals surface area contributed by atoms with Crippen LogP contribution in [-0.4, -0.2) is 29.5 Å². The average Bonchev–Trinajstić information content (AvgIpc) is 2.41. The van der Waals surface area contributed by atoms with Gasteiger partial charge < -0.3 is 15.4 Å². The Balaban J connectivity index is 2.09. The first-order valence-corrected chi connectivity index (χ1v) is 6.73. The van der Waals surface area contributed by atoms with Crippen LogP contribution in [0.3, 0.4) is 0 Å². The van der Waals surface area contributed by atoms with E-state index in [-0.39, 0.29) is 23.8 Å². The molecule has 0 bridgehead atoms. The molecule has 6 heteroatoms. The molecule has 0 aromatic carbocycles. The normalized spacial score (nSPS) is 22.1. The quantitative estimate of drug-likeness (QED) is 0.882. The van der Waals surface area contributed by atoms with Crippen LogP contribution < -0.4 is 10.6 Å². The summed E-state index contributed by atoms with van der Waals surface area (Å²) < 4.78 is 5.49. The van der Waals surface area contributed by atoms with Gasteiger partial charge in [-0.3, -0.25) is 9.59 Å². The summed E-state index contributed by atoms with van der Waals surface area (Å²) in [5.74, 6) is -0.147. The number of nitrogens with zero attached hydrogens (tertiary/aromatic N) is 1. The zero-order valence-electron chi connectivity index (χ0n) is 11.7. The van der Waals surface area contributed by atoms with E-state index in [0.29, 0.717) is 18.1 Å². The molecule has 0 aliphatic carbocycles. The summed E-state index contributed by atoms with van der Waals surface area (Å²) in [5.41, 5.74) is 0.498. The second kappa shape index (κ2) is 6.47. The van der Waals surface area contributed by atoms with E-state index in [0.717, 1.165) is 12.8 Å². The molecule has 1 saturated heterocycles. The van der Waals surface area contributed by atoms with Gasteiger partial charge in [-0.15, -0.1) is 0 Å². The van der Waals surface area contributed by atoms with E-state index < -0.39 is 0 Å². The molecule has 1 fully saturated rings. The maximum absolute atomic E-state index is 12.3. The number of anilines is 2. The fourth-order valence-electron chi connectivity index (χ4n) is 2.27. The lowest BCUT2D eigenvalue weighted by Gasteiger charge is -2.28. The van der Waals surface area contributed by atoms with Crippen LogP contribution in [0.5, 0.6) is 0 Å². The van der Waals surface area contributed by atoms with Gasteiger partial charge in [-0.1, -0.05) is 0 Å². The maximum Gasteiger partial charge on any atom is 0.231 e.